The van der Waals surface area contributed by atoms with Crippen molar-refractivity contribution in [2.45, 2.75) is 31.3 Å². The largest absolute Gasteiger partial charge is 0.346 e. The predicted molar refractivity (Wildman–Crippen MR) is 122 cm³/mol. The Bertz CT molecular complexity index is 1150. The Labute approximate surface area is 189 Å². The van der Waals surface area contributed by atoms with Crippen molar-refractivity contribution in [3.8, 4) is 0 Å². The summed E-state index contributed by atoms with van der Waals surface area (Å²) in [6, 6.07) is 11.3. The van der Waals surface area contributed by atoms with E-state index in [0.717, 1.165) is 5.75 Å². The number of rotatable bonds is 8. The first-order chi connectivity index (χ1) is 15.6. The highest BCUT2D eigenvalue weighted by Crippen LogP contribution is 2.21. The Balaban J connectivity index is 1.41. The lowest BCUT2D eigenvalue weighted by Gasteiger charge is -2.18. The highest BCUT2D eigenvalue weighted by atomic mass is 32.2. The molecule has 2 atom stereocenters. The van der Waals surface area contributed by atoms with E-state index in [9.17, 15) is 14.4 Å². The summed E-state index contributed by atoms with van der Waals surface area (Å²) < 4.78 is 1.86. The lowest BCUT2D eigenvalue weighted by Crippen LogP contribution is -2.42. The van der Waals surface area contributed by atoms with Crippen LogP contribution in [-0.2, 0) is 9.59 Å². The van der Waals surface area contributed by atoms with E-state index >= 15 is 0 Å². The van der Waals surface area contributed by atoms with Crippen molar-refractivity contribution in [2.75, 3.05) is 17.3 Å². The van der Waals surface area contributed by atoms with Crippen LogP contribution in [0.4, 0.5) is 5.69 Å². The number of anilines is 1. The van der Waals surface area contributed by atoms with Crippen LogP contribution in [0.2, 0.25) is 0 Å². The zero-order valence-electron chi connectivity index (χ0n) is 17.6. The molecule has 32 heavy (non-hydrogen) atoms. The summed E-state index contributed by atoms with van der Waals surface area (Å²) in [5, 5.41) is 17.0. The maximum absolute atomic E-state index is 12.8. The molecule has 0 spiro atoms. The summed E-state index contributed by atoms with van der Waals surface area (Å²) in [5.74, 6) is 0.619. The van der Waals surface area contributed by atoms with Gasteiger partial charge >= 0.3 is 0 Å². The molecule has 3 aromatic rings. The SMILES string of the molecule is CSCC[C@H](NC(=O)CC[C@H]1NC(=O)c2ccccc2NC1=O)c1nnc2ccccn12. The minimum atomic E-state index is -0.792. The lowest BCUT2D eigenvalue weighted by molar-refractivity contribution is -0.122. The second-order valence-electron chi connectivity index (χ2n) is 7.49. The van der Waals surface area contributed by atoms with Crippen LogP contribution in [0.5, 0.6) is 0 Å². The molecule has 0 saturated carbocycles. The number of pyridine rings is 1. The topological polar surface area (TPSA) is 117 Å². The van der Waals surface area contributed by atoms with Gasteiger partial charge in [-0.15, -0.1) is 10.2 Å². The molecule has 1 aliphatic rings. The van der Waals surface area contributed by atoms with E-state index in [2.05, 4.69) is 26.1 Å². The van der Waals surface area contributed by atoms with Crippen LogP contribution in [0.1, 0.15) is 41.5 Å². The first kappa shape index (κ1) is 21.8. The van der Waals surface area contributed by atoms with Gasteiger partial charge in [-0.1, -0.05) is 18.2 Å². The van der Waals surface area contributed by atoms with Crippen LogP contribution in [0.3, 0.4) is 0 Å². The van der Waals surface area contributed by atoms with E-state index in [1.165, 1.54) is 0 Å². The van der Waals surface area contributed by atoms with Gasteiger partial charge < -0.3 is 16.0 Å². The smallest absolute Gasteiger partial charge is 0.254 e. The molecule has 3 N–H and O–H groups in total. The number of carbonyl (C=O) groups excluding carboxylic acids is 3. The monoisotopic (exact) mass is 452 g/mol. The molecular formula is C22H24N6O3S. The van der Waals surface area contributed by atoms with Gasteiger partial charge in [0.2, 0.25) is 11.8 Å². The molecule has 3 amide bonds. The molecule has 10 heteroatoms. The number of hydrogen-bond donors (Lipinski definition) is 3. The average Bonchev–Trinajstić information content (AvgIpc) is 3.18. The van der Waals surface area contributed by atoms with Crippen molar-refractivity contribution in [1.82, 2.24) is 25.2 Å². The molecular weight excluding hydrogens is 428 g/mol. The van der Waals surface area contributed by atoms with Gasteiger partial charge in [-0.2, -0.15) is 11.8 Å². The lowest BCUT2D eigenvalue weighted by atomic mass is 10.1. The maximum atomic E-state index is 12.8. The number of thioether (sulfide) groups is 1. The van der Waals surface area contributed by atoms with E-state index in [1.807, 2.05) is 35.1 Å². The summed E-state index contributed by atoms with van der Waals surface area (Å²) in [4.78, 5) is 37.8. The first-order valence-corrected chi connectivity index (χ1v) is 11.7. The van der Waals surface area contributed by atoms with E-state index in [1.54, 1.807) is 36.0 Å². The van der Waals surface area contributed by atoms with E-state index < -0.39 is 6.04 Å². The minimum absolute atomic E-state index is 0.0845. The number of nitrogens with zero attached hydrogens (tertiary/aromatic N) is 3. The van der Waals surface area contributed by atoms with Crippen LogP contribution in [0.15, 0.2) is 48.7 Å². The highest BCUT2D eigenvalue weighted by molar-refractivity contribution is 7.98. The van der Waals surface area contributed by atoms with Crippen LogP contribution in [0.25, 0.3) is 5.65 Å². The first-order valence-electron chi connectivity index (χ1n) is 10.4. The standard InChI is InChI=1S/C22H24N6O3S/c1-32-13-11-16(20-27-26-18-8-4-5-12-28(18)20)23-19(29)10-9-17-22(31)24-15-7-3-2-6-14(15)21(30)25-17/h2-8,12,16-17H,9-11,13H2,1H3,(H,23,29)(H,24,31)(H,25,30)/t16-,17+/m0/s1. The summed E-state index contributed by atoms with van der Waals surface area (Å²) in [5.41, 5.74) is 1.59. The zero-order valence-corrected chi connectivity index (χ0v) is 18.4. The van der Waals surface area contributed by atoms with Gasteiger partial charge in [0.15, 0.2) is 11.5 Å². The Morgan fingerprint density at radius 2 is 2.00 bits per heavy atom. The molecule has 1 aromatic carbocycles. The number of para-hydroxylation sites is 1. The van der Waals surface area contributed by atoms with Gasteiger partial charge in [0, 0.05) is 12.6 Å². The normalized spacial score (nSPS) is 16.6. The molecule has 2 aromatic heterocycles. The number of aromatic nitrogens is 3. The van der Waals surface area contributed by atoms with Gasteiger partial charge in [0.25, 0.3) is 5.91 Å². The summed E-state index contributed by atoms with van der Waals surface area (Å²) in [7, 11) is 0. The van der Waals surface area contributed by atoms with Gasteiger partial charge in [0.1, 0.15) is 6.04 Å². The predicted octanol–water partition coefficient (Wildman–Crippen LogP) is 2.17. The third-order valence-corrected chi connectivity index (χ3v) is 5.95. The Hall–Kier alpha value is -3.40. The third-order valence-electron chi connectivity index (χ3n) is 5.31. The molecule has 1 aliphatic heterocycles. The third kappa shape index (κ3) is 4.75. The highest BCUT2D eigenvalue weighted by Gasteiger charge is 2.28. The number of benzene rings is 1. The van der Waals surface area contributed by atoms with Gasteiger partial charge in [-0.3, -0.25) is 18.8 Å². The fraction of sp³-hybridized carbons (Fsp3) is 0.318. The Kier molecular flexibility index (Phi) is 6.69. The van der Waals surface area contributed by atoms with Crippen molar-refractivity contribution in [3.05, 3.63) is 60.0 Å². The van der Waals surface area contributed by atoms with Crippen LogP contribution in [-0.4, -0.2) is 50.4 Å². The second-order valence-corrected chi connectivity index (χ2v) is 8.47. The van der Waals surface area contributed by atoms with Gasteiger partial charge in [-0.25, -0.2) is 0 Å². The number of nitrogens with one attached hydrogen (secondary N) is 3. The van der Waals surface area contributed by atoms with Crippen LogP contribution >= 0.6 is 11.8 Å². The maximum Gasteiger partial charge on any atom is 0.254 e. The molecule has 4 rings (SSSR count). The molecule has 3 heterocycles. The molecule has 166 valence electrons. The fourth-order valence-corrected chi connectivity index (χ4v) is 4.13. The van der Waals surface area contributed by atoms with E-state index in [0.29, 0.717) is 29.1 Å². The molecule has 9 nitrogen and oxygen atoms in total. The Morgan fingerprint density at radius 1 is 1.19 bits per heavy atom. The molecule has 0 unspecified atom stereocenters. The molecule has 0 aliphatic carbocycles. The fourth-order valence-electron chi connectivity index (χ4n) is 3.66. The minimum Gasteiger partial charge on any atom is -0.346 e. The van der Waals surface area contributed by atoms with E-state index in [4.69, 9.17) is 0 Å². The molecule has 0 radical (unpaired) electrons. The van der Waals surface area contributed by atoms with Crippen LogP contribution in [0, 0.1) is 0 Å². The van der Waals surface area contributed by atoms with Crippen molar-refractivity contribution >= 4 is 40.8 Å². The van der Waals surface area contributed by atoms with E-state index in [-0.39, 0.29) is 36.6 Å². The van der Waals surface area contributed by atoms with Gasteiger partial charge in [0.05, 0.1) is 17.3 Å². The number of hydrogen-bond acceptors (Lipinski definition) is 6. The van der Waals surface area contributed by atoms with Crippen molar-refractivity contribution in [3.63, 3.8) is 0 Å². The summed E-state index contributed by atoms with van der Waals surface area (Å²) in [6.07, 6.45) is 4.84. The summed E-state index contributed by atoms with van der Waals surface area (Å²) >= 11 is 1.68. The molecule has 0 bridgehead atoms. The number of fused-ring (bicyclic) bond motifs is 2. The zero-order chi connectivity index (χ0) is 22.5. The Morgan fingerprint density at radius 3 is 2.84 bits per heavy atom. The molecule has 0 fully saturated rings. The molecule has 0 saturated heterocycles. The summed E-state index contributed by atoms with van der Waals surface area (Å²) in [6.45, 7) is 0. The average molecular weight is 453 g/mol. The number of amides is 3. The van der Waals surface area contributed by atoms with Crippen molar-refractivity contribution in [2.24, 2.45) is 0 Å². The number of carbonyl (C=O) groups is 3. The quantitative estimate of drug-likeness (QED) is 0.482. The van der Waals surface area contributed by atoms with Crippen molar-refractivity contribution < 1.29 is 14.4 Å². The second kappa shape index (κ2) is 9.82. The van der Waals surface area contributed by atoms with Crippen LogP contribution < -0.4 is 16.0 Å². The van der Waals surface area contributed by atoms with Crippen molar-refractivity contribution in [1.29, 1.82) is 0 Å². The van der Waals surface area contributed by atoms with Gasteiger partial charge in [-0.05, 0) is 49.1 Å².